The van der Waals surface area contributed by atoms with Gasteiger partial charge in [0.25, 0.3) is 0 Å². The van der Waals surface area contributed by atoms with Crippen LogP contribution in [-0.2, 0) is 10.8 Å². The van der Waals surface area contributed by atoms with Gasteiger partial charge in [-0.15, -0.1) is 0 Å². The van der Waals surface area contributed by atoms with Crippen molar-refractivity contribution in [2.75, 3.05) is 0 Å². The molecule has 0 saturated carbocycles. The molecule has 0 amide bonds. The highest BCUT2D eigenvalue weighted by molar-refractivity contribution is 5.89. The lowest BCUT2D eigenvalue weighted by Crippen LogP contribution is -2.15. The summed E-state index contributed by atoms with van der Waals surface area (Å²) in [5.41, 5.74) is 14.7. The number of rotatable bonds is 2. The van der Waals surface area contributed by atoms with E-state index in [-0.39, 0.29) is 10.8 Å². The summed E-state index contributed by atoms with van der Waals surface area (Å²) < 4.78 is 0. The van der Waals surface area contributed by atoms with Crippen molar-refractivity contribution < 1.29 is 0 Å². The Hall–Kier alpha value is -5.43. The van der Waals surface area contributed by atoms with Gasteiger partial charge in [0.2, 0.25) is 0 Å². The first-order valence-electron chi connectivity index (χ1n) is 14.1. The molecule has 0 saturated heterocycles. The summed E-state index contributed by atoms with van der Waals surface area (Å²) in [7, 11) is 0. The van der Waals surface area contributed by atoms with E-state index in [4.69, 9.17) is 6.57 Å². The van der Waals surface area contributed by atoms with Crippen molar-refractivity contribution in [1.82, 2.24) is 0 Å². The number of hydrogen-bond acceptors (Lipinski definition) is 2. The number of nitrogens with zero attached hydrogens (tertiary/aromatic N) is 3. The second-order valence-electron chi connectivity index (χ2n) is 12.3. The highest BCUT2D eigenvalue weighted by atomic mass is 14.6. The molecule has 2 aliphatic rings. The van der Waals surface area contributed by atoms with Gasteiger partial charge in [-0.25, -0.2) is 4.85 Å². The molecule has 0 atom stereocenters. The molecule has 5 aromatic carbocycles. The minimum Gasteiger partial charge on any atom is -0.238 e. The molecule has 42 heavy (non-hydrogen) atoms. The Morgan fingerprint density at radius 2 is 1.02 bits per heavy atom. The molecule has 5 aromatic rings. The van der Waals surface area contributed by atoms with Crippen molar-refractivity contribution in [3.63, 3.8) is 0 Å². The van der Waals surface area contributed by atoms with Crippen LogP contribution in [0, 0.1) is 29.2 Å². The molecule has 7 rings (SSSR count). The molecular formula is C39H27N3. The average Bonchev–Trinajstić information content (AvgIpc) is 3.38. The fourth-order valence-electron chi connectivity index (χ4n) is 7.09. The third-order valence-electron chi connectivity index (χ3n) is 9.39. The quantitative estimate of drug-likeness (QED) is 0.210. The Kier molecular flexibility index (Phi) is 5.34. The third kappa shape index (κ3) is 3.43. The summed E-state index contributed by atoms with van der Waals surface area (Å²) in [5.74, 6) is 0. The van der Waals surface area contributed by atoms with Crippen LogP contribution in [0.4, 0.5) is 5.69 Å². The molecule has 0 aliphatic heterocycles. The molecule has 2 aliphatic carbocycles. The number of hydrogen-bond donors (Lipinski definition) is 0. The van der Waals surface area contributed by atoms with E-state index in [1.807, 2.05) is 42.5 Å². The molecule has 0 aromatic heterocycles. The molecule has 0 spiro atoms. The summed E-state index contributed by atoms with van der Waals surface area (Å²) in [6.45, 7) is 16.3. The summed E-state index contributed by atoms with van der Waals surface area (Å²) in [6.07, 6.45) is 0. The zero-order valence-electron chi connectivity index (χ0n) is 24.0. The molecule has 0 heterocycles. The lowest BCUT2D eigenvalue weighted by atomic mass is 9.80. The Morgan fingerprint density at radius 3 is 1.52 bits per heavy atom. The molecule has 0 fully saturated rings. The normalized spacial score (nSPS) is 14.5. The first-order valence-corrected chi connectivity index (χ1v) is 14.1. The second kappa shape index (κ2) is 8.78. The van der Waals surface area contributed by atoms with Crippen LogP contribution >= 0.6 is 0 Å². The number of nitriles is 2. The largest absolute Gasteiger partial charge is 0.238 e. The monoisotopic (exact) mass is 537 g/mol. The van der Waals surface area contributed by atoms with Crippen LogP contribution in [0.5, 0.6) is 0 Å². The average molecular weight is 538 g/mol. The van der Waals surface area contributed by atoms with E-state index in [1.165, 1.54) is 38.9 Å². The van der Waals surface area contributed by atoms with Crippen LogP contribution in [0.25, 0.3) is 49.4 Å². The maximum absolute atomic E-state index is 10.5. The van der Waals surface area contributed by atoms with Crippen LogP contribution in [0.15, 0.2) is 91.0 Å². The number of benzene rings is 5. The van der Waals surface area contributed by atoms with Gasteiger partial charge in [-0.3, -0.25) is 0 Å². The van der Waals surface area contributed by atoms with E-state index < -0.39 is 0 Å². The van der Waals surface area contributed by atoms with Crippen LogP contribution in [-0.4, -0.2) is 0 Å². The standard InChI is InChI=1S/C39H27N3/c1-38(2)34-17-23(21-40)9-13-29(34)30-14-10-24(18-35(30)38)27-7-6-8-28(33(27)22-41)25-11-15-31-32-16-12-26(42-5)20-37(32)39(3,4)36(31)19-25/h6-20H,1-4H3. The highest BCUT2D eigenvalue weighted by Gasteiger charge is 2.37. The molecule has 0 bridgehead atoms. The molecule has 3 nitrogen and oxygen atoms in total. The zero-order valence-corrected chi connectivity index (χ0v) is 24.0. The molecule has 198 valence electrons. The minimum absolute atomic E-state index is 0.252. The van der Waals surface area contributed by atoms with Gasteiger partial charge in [-0.05, 0) is 79.9 Å². The lowest BCUT2D eigenvalue weighted by molar-refractivity contribution is 0.660. The predicted molar refractivity (Wildman–Crippen MR) is 168 cm³/mol. The first-order chi connectivity index (χ1) is 20.2. The highest BCUT2D eigenvalue weighted by Crippen LogP contribution is 2.52. The van der Waals surface area contributed by atoms with Gasteiger partial charge in [0.05, 0.1) is 23.8 Å². The Labute approximate surface area is 246 Å². The lowest BCUT2D eigenvalue weighted by Gasteiger charge is -2.23. The fourth-order valence-corrected chi connectivity index (χ4v) is 7.09. The van der Waals surface area contributed by atoms with Crippen LogP contribution in [0.1, 0.15) is 61.1 Å². The van der Waals surface area contributed by atoms with Gasteiger partial charge in [0.15, 0.2) is 5.69 Å². The molecule has 0 radical (unpaired) electrons. The van der Waals surface area contributed by atoms with Gasteiger partial charge in [-0.2, -0.15) is 10.5 Å². The van der Waals surface area contributed by atoms with Crippen molar-refractivity contribution in [1.29, 1.82) is 10.5 Å². The minimum atomic E-state index is -0.258. The Balaban J connectivity index is 1.34. The van der Waals surface area contributed by atoms with Crippen LogP contribution < -0.4 is 0 Å². The topological polar surface area (TPSA) is 51.9 Å². The van der Waals surface area contributed by atoms with Crippen molar-refractivity contribution in [2.45, 2.75) is 38.5 Å². The van der Waals surface area contributed by atoms with E-state index in [0.717, 1.165) is 27.8 Å². The Bertz CT molecular complexity index is 1980. The van der Waals surface area contributed by atoms with Crippen molar-refractivity contribution in [3.05, 3.63) is 136 Å². The third-order valence-corrected chi connectivity index (χ3v) is 9.39. The van der Waals surface area contributed by atoms with Crippen LogP contribution in [0.3, 0.4) is 0 Å². The van der Waals surface area contributed by atoms with Crippen molar-refractivity contribution >= 4 is 5.69 Å². The Morgan fingerprint density at radius 1 is 0.548 bits per heavy atom. The summed E-state index contributed by atoms with van der Waals surface area (Å²) in [5, 5.41) is 20.0. The fraction of sp³-hybridized carbons (Fsp3) is 0.154. The van der Waals surface area contributed by atoms with E-state index >= 15 is 0 Å². The molecule has 3 heteroatoms. The zero-order chi connectivity index (χ0) is 29.4. The van der Waals surface area contributed by atoms with E-state index in [1.54, 1.807) is 0 Å². The SMILES string of the molecule is [C-]#[N+]c1ccc2c(c1)C(C)(C)c1cc(-c3cccc(-c4ccc5c(c4)C(C)(C)c4cc(C#N)ccc4-5)c3C#N)ccc1-2. The van der Waals surface area contributed by atoms with Crippen LogP contribution in [0.2, 0.25) is 0 Å². The van der Waals surface area contributed by atoms with Crippen molar-refractivity contribution in [3.8, 4) is 56.6 Å². The van der Waals surface area contributed by atoms with Gasteiger partial charge < -0.3 is 0 Å². The van der Waals surface area contributed by atoms with Gasteiger partial charge >= 0.3 is 0 Å². The number of fused-ring (bicyclic) bond motifs is 6. The van der Waals surface area contributed by atoms with Gasteiger partial charge in [0.1, 0.15) is 6.07 Å². The summed E-state index contributed by atoms with van der Waals surface area (Å²) >= 11 is 0. The molecule has 0 N–H and O–H groups in total. The molecular weight excluding hydrogens is 510 g/mol. The summed E-state index contributed by atoms with van der Waals surface area (Å²) in [4.78, 5) is 3.65. The van der Waals surface area contributed by atoms with Gasteiger partial charge in [-0.1, -0.05) is 94.4 Å². The first kappa shape index (κ1) is 25.5. The smallest absolute Gasteiger partial charge is 0.187 e. The maximum atomic E-state index is 10.5. The van der Waals surface area contributed by atoms with E-state index in [0.29, 0.717) is 16.8 Å². The van der Waals surface area contributed by atoms with E-state index in [9.17, 15) is 10.5 Å². The van der Waals surface area contributed by atoms with Crippen molar-refractivity contribution in [2.24, 2.45) is 0 Å². The second-order valence-corrected chi connectivity index (χ2v) is 12.3. The maximum Gasteiger partial charge on any atom is 0.187 e. The predicted octanol–water partition coefficient (Wildman–Crippen LogP) is 9.93. The molecule has 0 unspecified atom stereocenters. The summed E-state index contributed by atoms with van der Waals surface area (Å²) in [6, 6.07) is 35.8. The van der Waals surface area contributed by atoms with Gasteiger partial charge in [0, 0.05) is 22.0 Å². The van der Waals surface area contributed by atoms with E-state index in [2.05, 4.69) is 93.2 Å².